The average molecular weight is 382 g/mol. The first-order chi connectivity index (χ1) is 12.9. The minimum atomic E-state index is -4.13. The molecule has 0 bridgehead atoms. The first kappa shape index (κ1) is 17.1. The first-order valence-electron chi connectivity index (χ1n) is 7.92. The summed E-state index contributed by atoms with van der Waals surface area (Å²) in [5, 5.41) is 0. The second kappa shape index (κ2) is 6.45. The van der Waals surface area contributed by atoms with Gasteiger partial charge in [0.1, 0.15) is 11.3 Å². The van der Waals surface area contributed by atoms with Gasteiger partial charge in [-0.2, -0.15) is 8.42 Å². The van der Waals surface area contributed by atoms with Gasteiger partial charge in [0, 0.05) is 5.56 Å². The van der Waals surface area contributed by atoms with Gasteiger partial charge in [-0.25, -0.2) is 15.0 Å². The highest BCUT2D eigenvalue weighted by molar-refractivity contribution is 7.85. The van der Waals surface area contributed by atoms with Crippen molar-refractivity contribution in [3.63, 3.8) is 0 Å². The van der Waals surface area contributed by atoms with Crippen LogP contribution in [0.15, 0.2) is 59.1 Å². The zero-order valence-corrected chi connectivity index (χ0v) is 14.7. The van der Waals surface area contributed by atoms with Crippen molar-refractivity contribution in [2.75, 3.05) is 5.73 Å². The van der Waals surface area contributed by atoms with Gasteiger partial charge in [0.2, 0.25) is 5.89 Å². The summed E-state index contributed by atoms with van der Waals surface area (Å²) >= 11 is 0. The van der Waals surface area contributed by atoms with Gasteiger partial charge >= 0.3 is 0 Å². The molecule has 0 saturated heterocycles. The lowest BCUT2D eigenvalue weighted by molar-refractivity contribution is 0.482. The summed E-state index contributed by atoms with van der Waals surface area (Å²) in [7, 11) is -4.13. The van der Waals surface area contributed by atoms with Crippen LogP contribution in [0.2, 0.25) is 0 Å². The minimum Gasteiger partial charge on any atom is -0.435 e. The molecule has 0 aliphatic rings. The van der Waals surface area contributed by atoms with E-state index in [2.05, 4.69) is 15.0 Å². The molecule has 2 aromatic carbocycles. The third-order valence-corrected chi connectivity index (χ3v) is 4.57. The van der Waals surface area contributed by atoms with Gasteiger partial charge in [0.25, 0.3) is 10.1 Å². The fourth-order valence-corrected chi connectivity index (χ4v) is 3.30. The van der Waals surface area contributed by atoms with Crippen molar-refractivity contribution in [3.8, 4) is 22.8 Å². The number of hydrogen-bond donors (Lipinski definition) is 2. The van der Waals surface area contributed by atoms with Crippen LogP contribution in [-0.4, -0.2) is 27.9 Å². The molecular formula is C18H14N4O4S. The number of para-hydroxylation sites is 2. The number of nitrogens with two attached hydrogens (primary N) is 1. The Balaban J connectivity index is 1.78. The summed E-state index contributed by atoms with van der Waals surface area (Å²) < 4.78 is 37.0. The highest BCUT2D eigenvalue weighted by Crippen LogP contribution is 2.28. The number of aromatic nitrogens is 3. The summed E-state index contributed by atoms with van der Waals surface area (Å²) in [4.78, 5) is 13.0. The summed E-state index contributed by atoms with van der Waals surface area (Å²) in [5.41, 5.74) is 9.05. The van der Waals surface area contributed by atoms with E-state index in [4.69, 9.17) is 14.7 Å². The number of nitrogen functional groups attached to an aromatic ring is 1. The molecule has 2 heterocycles. The molecule has 136 valence electrons. The molecule has 0 radical (unpaired) electrons. The second-order valence-corrected chi connectivity index (χ2v) is 7.35. The minimum absolute atomic E-state index is 0.166. The largest absolute Gasteiger partial charge is 0.435 e. The van der Waals surface area contributed by atoms with Crippen molar-refractivity contribution in [1.82, 2.24) is 15.0 Å². The van der Waals surface area contributed by atoms with Crippen molar-refractivity contribution >= 4 is 27.0 Å². The summed E-state index contributed by atoms with van der Waals surface area (Å²) in [6.45, 7) is 0. The zero-order chi connectivity index (χ0) is 19.0. The van der Waals surface area contributed by atoms with Crippen LogP contribution in [0.4, 0.5) is 5.82 Å². The molecule has 27 heavy (non-hydrogen) atoms. The van der Waals surface area contributed by atoms with E-state index in [1.165, 1.54) is 6.20 Å². The molecule has 3 N–H and O–H groups in total. The predicted molar refractivity (Wildman–Crippen MR) is 100 cm³/mol. The van der Waals surface area contributed by atoms with E-state index in [0.29, 0.717) is 33.6 Å². The maximum atomic E-state index is 11.1. The van der Waals surface area contributed by atoms with E-state index < -0.39 is 15.9 Å². The Morgan fingerprint density at radius 3 is 2.67 bits per heavy atom. The van der Waals surface area contributed by atoms with Gasteiger partial charge in [0.05, 0.1) is 11.9 Å². The van der Waals surface area contributed by atoms with Crippen LogP contribution in [0.5, 0.6) is 0 Å². The number of anilines is 1. The number of benzene rings is 2. The van der Waals surface area contributed by atoms with Crippen LogP contribution in [-0.2, 0) is 15.9 Å². The monoisotopic (exact) mass is 382 g/mol. The Kier molecular flexibility index (Phi) is 4.09. The molecule has 2 aromatic heterocycles. The molecule has 0 aliphatic heterocycles. The average Bonchev–Trinajstić information content (AvgIpc) is 3.05. The molecule has 0 atom stereocenters. The van der Waals surface area contributed by atoms with E-state index in [1.807, 2.05) is 18.2 Å². The topological polar surface area (TPSA) is 132 Å². The van der Waals surface area contributed by atoms with Gasteiger partial charge in [-0.3, -0.25) is 4.55 Å². The lowest BCUT2D eigenvalue weighted by Crippen LogP contribution is -2.02. The fourth-order valence-electron chi connectivity index (χ4n) is 2.70. The number of nitrogens with zero attached hydrogens (tertiary/aromatic N) is 3. The number of rotatable bonds is 4. The lowest BCUT2D eigenvalue weighted by Gasteiger charge is -2.06. The third-order valence-electron chi connectivity index (χ3n) is 3.87. The Hall–Kier alpha value is -3.30. The van der Waals surface area contributed by atoms with Gasteiger partial charge < -0.3 is 10.2 Å². The molecule has 0 unspecified atom stereocenters. The van der Waals surface area contributed by atoms with Crippen molar-refractivity contribution in [2.24, 2.45) is 0 Å². The Bertz CT molecular complexity index is 1220. The Labute approximate surface area is 154 Å². The van der Waals surface area contributed by atoms with Crippen molar-refractivity contribution < 1.29 is 17.4 Å². The Morgan fingerprint density at radius 1 is 1.07 bits per heavy atom. The van der Waals surface area contributed by atoms with Gasteiger partial charge in [0.15, 0.2) is 17.1 Å². The van der Waals surface area contributed by atoms with Crippen LogP contribution in [0.3, 0.4) is 0 Å². The van der Waals surface area contributed by atoms with Gasteiger partial charge in [-0.15, -0.1) is 0 Å². The Morgan fingerprint density at radius 2 is 1.89 bits per heavy atom. The summed E-state index contributed by atoms with van der Waals surface area (Å²) in [6, 6.07) is 13.9. The van der Waals surface area contributed by atoms with E-state index >= 15 is 0 Å². The number of fused-ring (bicyclic) bond motifs is 1. The predicted octanol–water partition coefficient (Wildman–Crippen LogP) is 2.92. The standard InChI is InChI=1S/C18H14N4O4S/c19-17-16(18-22-13-6-1-2-7-15(13)26-18)21-14(9-20-17)12-5-3-4-11(8-12)10-27(23,24)25/h1-9H,10H2,(H2,19,20)(H,23,24,25). The van der Waals surface area contributed by atoms with E-state index in [9.17, 15) is 8.42 Å². The van der Waals surface area contributed by atoms with Crippen LogP contribution >= 0.6 is 0 Å². The van der Waals surface area contributed by atoms with Gasteiger partial charge in [-0.05, 0) is 23.8 Å². The highest BCUT2D eigenvalue weighted by Gasteiger charge is 2.16. The first-order valence-corrected chi connectivity index (χ1v) is 9.53. The molecule has 4 rings (SSSR count). The van der Waals surface area contributed by atoms with Crippen LogP contribution in [0.1, 0.15) is 5.56 Å². The fraction of sp³-hybridized carbons (Fsp3) is 0.0556. The molecule has 0 aliphatic carbocycles. The van der Waals surface area contributed by atoms with Crippen LogP contribution in [0.25, 0.3) is 33.9 Å². The van der Waals surface area contributed by atoms with Crippen molar-refractivity contribution in [3.05, 3.63) is 60.3 Å². The maximum Gasteiger partial charge on any atom is 0.269 e. The van der Waals surface area contributed by atoms with Crippen LogP contribution in [0, 0.1) is 0 Å². The van der Waals surface area contributed by atoms with E-state index in [-0.39, 0.29) is 11.7 Å². The quantitative estimate of drug-likeness (QED) is 0.515. The molecular weight excluding hydrogens is 368 g/mol. The van der Waals surface area contributed by atoms with E-state index in [1.54, 1.807) is 30.3 Å². The summed E-state index contributed by atoms with van der Waals surface area (Å²) in [5.74, 6) is -0.0714. The summed E-state index contributed by atoms with van der Waals surface area (Å²) in [6.07, 6.45) is 1.48. The molecule has 0 spiro atoms. The molecule has 4 aromatic rings. The van der Waals surface area contributed by atoms with E-state index in [0.717, 1.165) is 0 Å². The second-order valence-electron chi connectivity index (χ2n) is 5.90. The normalized spacial score (nSPS) is 11.7. The molecule has 8 nitrogen and oxygen atoms in total. The smallest absolute Gasteiger partial charge is 0.269 e. The highest BCUT2D eigenvalue weighted by atomic mass is 32.2. The number of oxazole rings is 1. The molecule has 0 amide bonds. The SMILES string of the molecule is Nc1ncc(-c2cccc(CS(=O)(=O)O)c2)nc1-c1nc2ccccc2o1. The lowest BCUT2D eigenvalue weighted by atomic mass is 10.1. The van der Waals surface area contributed by atoms with Crippen LogP contribution < -0.4 is 5.73 Å². The third kappa shape index (κ3) is 3.64. The molecule has 0 fully saturated rings. The van der Waals surface area contributed by atoms with Crippen molar-refractivity contribution in [2.45, 2.75) is 5.75 Å². The molecule has 9 heteroatoms. The maximum absolute atomic E-state index is 11.1. The van der Waals surface area contributed by atoms with Crippen molar-refractivity contribution in [1.29, 1.82) is 0 Å². The number of hydrogen-bond acceptors (Lipinski definition) is 7. The van der Waals surface area contributed by atoms with Gasteiger partial charge in [-0.1, -0.05) is 30.3 Å². The molecule has 0 saturated carbocycles. The zero-order valence-electron chi connectivity index (χ0n) is 13.9.